The maximum atomic E-state index is 12.9. The Labute approximate surface area is 91.5 Å². The highest BCUT2D eigenvalue weighted by Gasteiger charge is 2.05. The molecule has 0 aliphatic heterocycles. The molecule has 0 saturated heterocycles. The Morgan fingerprint density at radius 1 is 1.56 bits per heavy atom. The second-order valence-electron chi connectivity index (χ2n) is 2.91. The van der Waals surface area contributed by atoms with E-state index >= 15 is 0 Å². The number of aliphatic hydroxyl groups is 1. The van der Waals surface area contributed by atoms with Gasteiger partial charge in [0.05, 0.1) is 12.2 Å². The van der Waals surface area contributed by atoms with Crippen molar-refractivity contribution in [1.82, 2.24) is 5.32 Å². The first kappa shape index (κ1) is 11.9. The van der Waals surface area contributed by atoms with Gasteiger partial charge in [-0.3, -0.25) is 0 Å². The molecule has 2 amide bonds. The highest BCUT2D eigenvalue weighted by molar-refractivity contribution is 5.89. The first-order valence-electron chi connectivity index (χ1n) is 4.52. The maximum absolute atomic E-state index is 12.9. The fraction of sp³-hybridized carbons (Fsp3) is 0.200. The van der Waals surface area contributed by atoms with E-state index in [1.807, 2.05) is 0 Å². The van der Waals surface area contributed by atoms with Crippen molar-refractivity contribution in [2.75, 3.05) is 18.5 Å². The molecule has 84 valence electrons. The summed E-state index contributed by atoms with van der Waals surface area (Å²) in [5, 5.41) is 21.8. The number of nitrogens with zero attached hydrogens (tertiary/aromatic N) is 1. The summed E-state index contributed by atoms with van der Waals surface area (Å²) in [4.78, 5) is 11.1. The van der Waals surface area contributed by atoms with Crippen LogP contribution in [0, 0.1) is 17.1 Å². The van der Waals surface area contributed by atoms with Crippen LogP contribution in [0.1, 0.15) is 5.56 Å². The van der Waals surface area contributed by atoms with Crippen LogP contribution < -0.4 is 10.6 Å². The normalized spacial score (nSPS) is 9.31. The number of amides is 2. The van der Waals surface area contributed by atoms with Gasteiger partial charge in [0.2, 0.25) is 0 Å². The van der Waals surface area contributed by atoms with E-state index in [1.54, 1.807) is 6.07 Å². The average Bonchev–Trinajstić information content (AvgIpc) is 2.29. The first-order chi connectivity index (χ1) is 7.67. The zero-order valence-corrected chi connectivity index (χ0v) is 8.33. The van der Waals surface area contributed by atoms with Gasteiger partial charge in [0, 0.05) is 12.2 Å². The molecular formula is C10H10FN3O2. The summed E-state index contributed by atoms with van der Waals surface area (Å²) < 4.78 is 12.9. The van der Waals surface area contributed by atoms with E-state index in [0.717, 1.165) is 6.07 Å². The molecule has 0 aromatic heterocycles. The number of carbonyl (C=O) groups excluding carboxylic acids is 1. The van der Waals surface area contributed by atoms with Gasteiger partial charge in [-0.05, 0) is 18.2 Å². The summed E-state index contributed by atoms with van der Waals surface area (Å²) in [6.07, 6.45) is 0. The van der Waals surface area contributed by atoms with Crippen LogP contribution in [0.2, 0.25) is 0 Å². The molecule has 0 atom stereocenters. The molecule has 0 aliphatic rings. The van der Waals surface area contributed by atoms with Gasteiger partial charge in [-0.25, -0.2) is 9.18 Å². The Kier molecular flexibility index (Phi) is 4.24. The van der Waals surface area contributed by atoms with Gasteiger partial charge in [-0.15, -0.1) is 0 Å². The Morgan fingerprint density at radius 3 is 2.94 bits per heavy atom. The second kappa shape index (κ2) is 5.68. The highest BCUT2D eigenvalue weighted by Crippen LogP contribution is 2.13. The van der Waals surface area contributed by atoms with Crippen LogP contribution in [0.4, 0.5) is 14.9 Å². The number of anilines is 1. The van der Waals surface area contributed by atoms with Gasteiger partial charge in [0.15, 0.2) is 0 Å². The van der Waals surface area contributed by atoms with E-state index in [9.17, 15) is 9.18 Å². The second-order valence-corrected chi connectivity index (χ2v) is 2.91. The minimum absolute atomic E-state index is 0.123. The van der Waals surface area contributed by atoms with Crippen LogP contribution in [0.15, 0.2) is 18.2 Å². The largest absolute Gasteiger partial charge is 0.395 e. The van der Waals surface area contributed by atoms with Crippen LogP contribution in [-0.4, -0.2) is 24.3 Å². The average molecular weight is 223 g/mol. The Bertz CT molecular complexity index is 429. The fourth-order valence-electron chi connectivity index (χ4n) is 1.03. The molecule has 0 aliphatic carbocycles. The van der Waals surface area contributed by atoms with E-state index in [0.29, 0.717) is 5.69 Å². The van der Waals surface area contributed by atoms with Crippen molar-refractivity contribution in [2.24, 2.45) is 0 Å². The van der Waals surface area contributed by atoms with Gasteiger partial charge < -0.3 is 15.7 Å². The number of carbonyl (C=O) groups is 1. The number of hydrogen-bond donors (Lipinski definition) is 3. The van der Waals surface area contributed by atoms with Crippen molar-refractivity contribution < 1.29 is 14.3 Å². The summed E-state index contributed by atoms with van der Waals surface area (Å²) in [5.41, 5.74) is 0.174. The summed E-state index contributed by atoms with van der Waals surface area (Å²) >= 11 is 0. The molecule has 1 aromatic carbocycles. The van der Waals surface area contributed by atoms with E-state index in [4.69, 9.17) is 10.4 Å². The van der Waals surface area contributed by atoms with Crippen LogP contribution in [-0.2, 0) is 0 Å². The van der Waals surface area contributed by atoms with Crippen molar-refractivity contribution in [3.05, 3.63) is 29.6 Å². The Hall–Kier alpha value is -2.13. The molecule has 16 heavy (non-hydrogen) atoms. The SMILES string of the molecule is N#Cc1cc(NC(=O)NCCO)ccc1F. The third kappa shape index (κ3) is 3.22. The van der Waals surface area contributed by atoms with E-state index in [2.05, 4.69) is 10.6 Å². The smallest absolute Gasteiger partial charge is 0.319 e. The quantitative estimate of drug-likeness (QED) is 0.708. The fourth-order valence-corrected chi connectivity index (χ4v) is 1.03. The molecule has 1 aromatic rings. The van der Waals surface area contributed by atoms with Crippen LogP contribution in [0.25, 0.3) is 0 Å². The van der Waals surface area contributed by atoms with Crippen molar-refractivity contribution in [1.29, 1.82) is 5.26 Å². The Balaban J connectivity index is 2.68. The maximum Gasteiger partial charge on any atom is 0.319 e. The number of nitriles is 1. The predicted molar refractivity (Wildman–Crippen MR) is 55.2 cm³/mol. The minimum Gasteiger partial charge on any atom is -0.395 e. The molecule has 0 bridgehead atoms. The van der Waals surface area contributed by atoms with Crippen molar-refractivity contribution >= 4 is 11.7 Å². The number of benzene rings is 1. The topological polar surface area (TPSA) is 85.2 Å². The standard InChI is InChI=1S/C10H10FN3O2/c11-9-2-1-8(5-7(9)6-12)14-10(16)13-3-4-15/h1-2,5,15H,3-4H2,(H2,13,14,16). The molecule has 0 saturated carbocycles. The number of nitrogens with one attached hydrogen (secondary N) is 2. The van der Waals surface area contributed by atoms with Gasteiger partial charge in [0.25, 0.3) is 0 Å². The lowest BCUT2D eigenvalue weighted by molar-refractivity contribution is 0.245. The summed E-state index contributed by atoms with van der Waals surface area (Å²) in [7, 11) is 0. The van der Waals surface area contributed by atoms with Crippen molar-refractivity contribution in [3.63, 3.8) is 0 Å². The van der Waals surface area contributed by atoms with E-state index < -0.39 is 11.8 Å². The van der Waals surface area contributed by atoms with Crippen molar-refractivity contribution in [2.45, 2.75) is 0 Å². The summed E-state index contributed by atoms with van der Waals surface area (Å²) in [5.74, 6) is -0.635. The zero-order chi connectivity index (χ0) is 12.0. The van der Waals surface area contributed by atoms with Crippen LogP contribution >= 0.6 is 0 Å². The number of halogens is 1. The predicted octanol–water partition coefficient (Wildman–Crippen LogP) is 0.811. The molecule has 0 fully saturated rings. The molecule has 0 spiro atoms. The third-order valence-corrected chi connectivity index (χ3v) is 1.74. The lowest BCUT2D eigenvalue weighted by Crippen LogP contribution is -2.30. The number of aliphatic hydroxyl groups excluding tert-OH is 1. The lowest BCUT2D eigenvalue weighted by atomic mass is 10.2. The molecule has 1 rings (SSSR count). The number of urea groups is 1. The molecule has 0 heterocycles. The summed E-state index contributed by atoms with van der Waals surface area (Å²) in [6, 6.07) is 4.81. The van der Waals surface area contributed by atoms with Crippen molar-refractivity contribution in [3.8, 4) is 6.07 Å². The molecule has 0 unspecified atom stereocenters. The molecule has 0 radical (unpaired) electrons. The highest BCUT2D eigenvalue weighted by atomic mass is 19.1. The van der Waals surface area contributed by atoms with Gasteiger partial charge in [-0.2, -0.15) is 5.26 Å². The molecule has 5 nitrogen and oxygen atoms in total. The number of rotatable bonds is 3. The van der Waals surface area contributed by atoms with Crippen LogP contribution in [0.3, 0.4) is 0 Å². The van der Waals surface area contributed by atoms with Crippen LogP contribution in [0.5, 0.6) is 0 Å². The van der Waals surface area contributed by atoms with Gasteiger partial charge in [-0.1, -0.05) is 0 Å². The Morgan fingerprint density at radius 2 is 2.31 bits per heavy atom. The van der Waals surface area contributed by atoms with Gasteiger partial charge in [0.1, 0.15) is 11.9 Å². The van der Waals surface area contributed by atoms with E-state index in [1.165, 1.54) is 12.1 Å². The monoisotopic (exact) mass is 223 g/mol. The van der Waals surface area contributed by atoms with E-state index in [-0.39, 0.29) is 18.7 Å². The first-order valence-corrected chi connectivity index (χ1v) is 4.52. The number of hydrogen-bond acceptors (Lipinski definition) is 3. The zero-order valence-electron chi connectivity index (χ0n) is 8.33. The lowest BCUT2D eigenvalue weighted by Gasteiger charge is -2.06. The molecular weight excluding hydrogens is 213 g/mol. The summed E-state index contributed by atoms with van der Waals surface area (Å²) in [6.45, 7) is -0.0432. The van der Waals surface area contributed by atoms with Gasteiger partial charge >= 0.3 is 6.03 Å². The third-order valence-electron chi connectivity index (χ3n) is 1.74. The molecule has 6 heteroatoms. The molecule has 3 N–H and O–H groups in total. The minimum atomic E-state index is -0.635.